The monoisotopic (exact) mass is 519 g/mol. The van der Waals surface area contributed by atoms with Crippen LogP contribution in [0.2, 0.25) is 0 Å². The summed E-state index contributed by atoms with van der Waals surface area (Å²) >= 11 is 1.32. The average molecular weight is 520 g/mol. The number of likely N-dealkylation sites (tertiary alicyclic amines) is 1. The fourth-order valence-corrected chi connectivity index (χ4v) is 5.61. The summed E-state index contributed by atoms with van der Waals surface area (Å²) in [6, 6.07) is 12.1. The first-order valence-electron chi connectivity index (χ1n) is 12.1. The van der Waals surface area contributed by atoms with E-state index in [1.54, 1.807) is 10.6 Å². The Labute approximate surface area is 217 Å². The fourth-order valence-electron chi connectivity index (χ4n) is 4.83. The topological polar surface area (TPSA) is 101 Å². The number of carbonyl (C=O) groups is 1. The highest BCUT2D eigenvalue weighted by molar-refractivity contribution is 7.13. The largest absolute Gasteiger partial charge is 0.494 e. The van der Waals surface area contributed by atoms with Gasteiger partial charge in [0, 0.05) is 35.8 Å². The van der Waals surface area contributed by atoms with Crippen molar-refractivity contribution in [3.05, 3.63) is 92.7 Å². The summed E-state index contributed by atoms with van der Waals surface area (Å²) in [6.45, 7) is 4.49. The van der Waals surface area contributed by atoms with E-state index < -0.39 is 23.2 Å². The van der Waals surface area contributed by atoms with E-state index >= 15 is 0 Å². The number of benzene rings is 1. The van der Waals surface area contributed by atoms with E-state index in [2.05, 4.69) is 15.0 Å². The summed E-state index contributed by atoms with van der Waals surface area (Å²) in [7, 11) is 0. The van der Waals surface area contributed by atoms with Crippen LogP contribution in [0.1, 0.15) is 59.0 Å². The minimum Gasteiger partial charge on any atom is -0.494 e. The Kier molecular flexibility index (Phi) is 6.84. The smallest absolute Gasteiger partial charge is 0.290 e. The molecule has 37 heavy (non-hydrogen) atoms. The standard InChI is InChI=1S/C27H26FN5O3S/c1-3-21(17-7-5-4-6-8-17)33-23(25-30-16(2)15-37-25)31-24(34)22(27(33)36)26(35)32-12-11-18(14-32)20-10-9-19(28)13-29-20/h4-10,13,15,18,21,36H,3,11-12,14H2,1-2H3/t18?,21-/m0/s1. The number of nitrogens with zero attached hydrogens (tertiary/aromatic N) is 5. The minimum atomic E-state index is -0.798. The summed E-state index contributed by atoms with van der Waals surface area (Å²) in [4.78, 5) is 41.3. The third-order valence-corrected chi connectivity index (χ3v) is 7.61. The van der Waals surface area contributed by atoms with E-state index in [9.17, 15) is 19.1 Å². The SMILES string of the molecule is CC[C@@H](c1ccccc1)n1c(-c2nc(C)cs2)nc(=O)c(C(=O)N2CCC(c3ccc(F)cn3)C2)c1O. The lowest BCUT2D eigenvalue weighted by molar-refractivity contribution is 0.0783. The number of pyridine rings is 1. The zero-order valence-electron chi connectivity index (χ0n) is 20.5. The van der Waals surface area contributed by atoms with Crippen LogP contribution in [-0.2, 0) is 0 Å². The van der Waals surface area contributed by atoms with E-state index in [0.29, 0.717) is 36.6 Å². The van der Waals surface area contributed by atoms with Crippen molar-refractivity contribution in [1.29, 1.82) is 0 Å². The molecule has 2 atom stereocenters. The summed E-state index contributed by atoms with van der Waals surface area (Å²) in [6.07, 6.45) is 2.35. The lowest BCUT2D eigenvalue weighted by Crippen LogP contribution is -2.35. The molecule has 5 rings (SSSR count). The van der Waals surface area contributed by atoms with Crippen molar-refractivity contribution in [2.45, 2.75) is 38.6 Å². The number of hydrogen-bond donors (Lipinski definition) is 1. The number of halogens is 1. The van der Waals surface area contributed by atoms with Gasteiger partial charge in [-0.2, -0.15) is 4.98 Å². The van der Waals surface area contributed by atoms with Crippen LogP contribution in [0.5, 0.6) is 5.88 Å². The summed E-state index contributed by atoms with van der Waals surface area (Å²) in [5.74, 6) is -1.30. The highest BCUT2D eigenvalue weighted by Crippen LogP contribution is 2.35. The Morgan fingerprint density at radius 2 is 2.00 bits per heavy atom. The molecule has 10 heteroatoms. The number of amides is 1. The van der Waals surface area contributed by atoms with Gasteiger partial charge in [-0.1, -0.05) is 37.3 Å². The highest BCUT2D eigenvalue weighted by atomic mass is 32.1. The van der Waals surface area contributed by atoms with E-state index in [1.807, 2.05) is 49.6 Å². The number of thiazole rings is 1. The van der Waals surface area contributed by atoms with E-state index in [4.69, 9.17) is 0 Å². The van der Waals surface area contributed by atoms with Crippen LogP contribution >= 0.6 is 11.3 Å². The maximum absolute atomic E-state index is 13.6. The van der Waals surface area contributed by atoms with Gasteiger partial charge in [0.05, 0.1) is 12.2 Å². The summed E-state index contributed by atoms with van der Waals surface area (Å²) in [5.41, 5.74) is 1.20. The van der Waals surface area contributed by atoms with Crippen molar-refractivity contribution < 1.29 is 14.3 Å². The third-order valence-electron chi connectivity index (χ3n) is 6.65. The molecule has 190 valence electrons. The van der Waals surface area contributed by atoms with Crippen LogP contribution in [0.4, 0.5) is 4.39 Å². The number of aryl methyl sites for hydroxylation is 1. The molecule has 0 spiro atoms. The van der Waals surface area contributed by atoms with Crippen LogP contribution in [-0.4, -0.2) is 48.5 Å². The molecule has 4 aromatic rings. The maximum atomic E-state index is 13.6. The second kappa shape index (κ2) is 10.2. The lowest BCUT2D eigenvalue weighted by atomic mass is 10.0. The predicted octanol–water partition coefficient (Wildman–Crippen LogP) is 4.54. The van der Waals surface area contributed by atoms with Crippen molar-refractivity contribution in [1.82, 2.24) is 24.4 Å². The van der Waals surface area contributed by atoms with E-state index in [-0.39, 0.29) is 23.3 Å². The van der Waals surface area contributed by atoms with Gasteiger partial charge in [0.1, 0.15) is 5.82 Å². The Balaban J connectivity index is 1.57. The molecular weight excluding hydrogens is 493 g/mol. The molecule has 0 saturated carbocycles. The molecular formula is C27H26FN5O3S. The Morgan fingerprint density at radius 3 is 2.65 bits per heavy atom. The minimum absolute atomic E-state index is 0.0906. The number of aromatic hydroxyl groups is 1. The van der Waals surface area contributed by atoms with Crippen molar-refractivity contribution in [2.24, 2.45) is 0 Å². The second-order valence-electron chi connectivity index (χ2n) is 9.08. The van der Waals surface area contributed by atoms with Crippen LogP contribution in [0.25, 0.3) is 10.8 Å². The predicted molar refractivity (Wildman–Crippen MR) is 138 cm³/mol. The summed E-state index contributed by atoms with van der Waals surface area (Å²) in [5, 5.41) is 13.9. The van der Waals surface area contributed by atoms with Crippen LogP contribution in [0, 0.1) is 12.7 Å². The molecule has 1 saturated heterocycles. The highest BCUT2D eigenvalue weighted by Gasteiger charge is 2.34. The normalized spacial score (nSPS) is 16.2. The van der Waals surface area contributed by atoms with Gasteiger partial charge in [-0.15, -0.1) is 11.3 Å². The van der Waals surface area contributed by atoms with Crippen molar-refractivity contribution in [3.63, 3.8) is 0 Å². The first kappa shape index (κ1) is 24.8. The third kappa shape index (κ3) is 4.76. The van der Waals surface area contributed by atoms with Crippen LogP contribution in [0.3, 0.4) is 0 Å². The van der Waals surface area contributed by atoms with Gasteiger partial charge in [-0.3, -0.25) is 19.1 Å². The van der Waals surface area contributed by atoms with Gasteiger partial charge < -0.3 is 10.0 Å². The van der Waals surface area contributed by atoms with Gasteiger partial charge in [0.15, 0.2) is 16.4 Å². The number of aromatic nitrogens is 4. The molecule has 0 bridgehead atoms. The van der Waals surface area contributed by atoms with Gasteiger partial charge in [-0.05, 0) is 37.5 Å². The van der Waals surface area contributed by atoms with Crippen molar-refractivity contribution in [3.8, 4) is 16.7 Å². The second-order valence-corrected chi connectivity index (χ2v) is 9.93. The zero-order valence-corrected chi connectivity index (χ0v) is 21.3. The van der Waals surface area contributed by atoms with Gasteiger partial charge >= 0.3 is 0 Å². The number of carbonyl (C=O) groups excluding carboxylic acids is 1. The van der Waals surface area contributed by atoms with Gasteiger partial charge in [0.2, 0.25) is 5.88 Å². The van der Waals surface area contributed by atoms with Gasteiger partial charge in [0.25, 0.3) is 11.5 Å². The molecule has 3 aromatic heterocycles. The number of hydrogen-bond acceptors (Lipinski definition) is 7. The van der Waals surface area contributed by atoms with E-state index in [1.165, 1.54) is 22.3 Å². The molecule has 0 aliphatic carbocycles. The Morgan fingerprint density at radius 1 is 1.22 bits per heavy atom. The molecule has 1 aromatic carbocycles. The molecule has 1 aliphatic rings. The molecule has 1 unspecified atom stereocenters. The Hall–Kier alpha value is -3.92. The van der Waals surface area contributed by atoms with Crippen LogP contribution in [0.15, 0.2) is 58.8 Å². The molecule has 1 fully saturated rings. The quantitative estimate of drug-likeness (QED) is 0.401. The fraction of sp³-hybridized carbons (Fsp3) is 0.296. The summed E-state index contributed by atoms with van der Waals surface area (Å²) < 4.78 is 14.9. The lowest BCUT2D eigenvalue weighted by Gasteiger charge is -2.25. The molecule has 1 aliphatic heterocycles. The van der Waals surface area contributed by atoms with Crippen LogP contribution < -0.4 is 5.56 Å². The molecule has 1 amide bonds. The Bertz CT molecular complexity index is 1490. The molecule has 1 N–H and O–H groups in total. The first-order valence-corrected chi connectivity index (χ1v) is 13.0. The molecule has 4 heterocycles. The van der Waals surface area contributed by atoms with Gasteiger partial charge in [-0.25, -0.2) is 9.37 Å². The molecule has 0 radical (unpaired) electrons. The van der Waals surface area contributed by atoms with Crippen molar-refractivity contribution >= 4 is 17.2 Å². The maximum Gasteiger partial charge on any atom is 0.290 e. The zero-order chi connectivity index (χ0) is 26.1. The average Bonchev–Trinajstić information content (AvgIpc) is 3.56. The van der Waals surface area contributed by atoms with E-state index in [0.717, 1.165) is 17.5 Å². The number of rotatable bonds is 6. The molecule has 8 nitrogen and oxygen atoms in total. The first-order chi connectivity index (χ1) is 17.9. The van der Waals surface area contributed by atoms with Crippen molar-refractivity contribution in [2.75, 3.05) is 13.1 Å².